The minimum atomic E-state index is 0.955. The summed E-state index contributed by atoms with van der Waals surface area (Å²) in [5, 5.41) is 10.9. The van der Waals surface area contributed by atoms with Crippen LogP contribution in [0.5, 0.6) is 0 Å². The molecule has 0 spiro atoms. The van der Waals surface area contributed by atoms with Gasteiger partial charge in [-0.3, -0.25) is 4.68 Å². The predicted octanol–water partition coefficient (Wildman–Crippen LogP) is 0.668. The minimum absolute atomic E-state index is 0.955. The van der Waals surface area contributed by atoms with E-state index in [0.29, 0.717) is 0 Å². The third kappa shape index (κ3) is 3.48. The largest absolute Gasteiger partial charge is 0.317 e. The van der Waals surface area contributed by atoms with Crippen molar-refractivity contribution in [2.45, 2.75) is 26.3 Å². The van der Waals surface area contributed by atoms with Crippen molar-refractivity contribution in [3.05, 3.63) is 12.4 Å². The molecule has 4 heteroatoms. The fourth-order valence-electron chi connectivity index (χ4n) is 1.02. The Hall–Kier alpha value is -0.900. The third-order valence-electron chi connectivity index (χ3n) is 1.64. The monoisotopic (exact) mass is 168 g/mol. The van der Waals surface area contributed by atoms with Gasteiger partial charge in [0.15, 0.2) is 0 Å². The van der Waals surface area contributed by atoms with Crippen LogP contribution in [-0.2, 0) is 6.54 Å². The number of aromatic nitrogens is 3. The third-order valence-corrected chi connectivity index (χ3v) is 1.64. The first-order valence-electron chi connectivity index (χ1n) is 4.48. The molecule has 0 saturated heterocycles. The van der Waals surface area contributed by atoms with Gasteiger partial charge in [-0.2, -0.15) is 0 Å². The van der Waals surface area contributed by atoms with E-state index in [1.54, 1.807) is 6.20 Å². The second-order valence-corrected chi connectivity index (χ2v) is 2.77. The van der Waals surface area contributed by atoms with E-state index in [-0.39, 0.29) is 0 Å². The maximum Gasteiger partial charge on any atom is 0.0692 e. The van der Waals surface area contributed by atoms with E-state index in [4.69, 9.17) is 0 Å². The van der Waals surface area contributed by atoms with Crippen molar-refractivity contribution < 1.29 is 0 Å². The van der Waals surface area contributed by atoms with Crippen LogP contribution >= 0.6 is 0 Å². The Balaban J connectivity index is 1.96. The van der Waals surface area contributed by atoms with E-state index in [1.165, 1.54) is 6.42 Å². The molecule has 0 aliphatic carbocycles. The molecule has 0 aromatic carbocycles. The second-order valence-electron chi connectivity index (χ2n) is 2.77. The molecule has 0 saturated carbocycles. The smallest absolute Gasteiger partial charge is 0.0692 e. The molecule has 4 nitrogen and oxygen atoms in total. The van der Waals surface area contributed by atoms with Crippen LogP contribution in [0.25, 0.3) is 0 Å². The van der Waals surface area contributed by atoms with Crippen molar-refractivity contribution in [2.24, 2.45) is 0 Å². The van der Waals surface area contributed by atoms with Gasteiger partial charge in [-0.15, -0.1) is 5.10 Å². The van der Waals surface area contributed by atoms with Gasteiger partial charge in [-0.1, -0.05) is 12.1 Å². The first-order chi connectivity index (χ1) is 5.93. The lowest BCUT2D eigenvalue weighted by Crippen LogP contribution is -2.17. The molecule has 0 atom stereocenters. The standard InChI is InChI=1S/C8H16N4/c1-2-4-9-5-3-7-12-8-6-10-11-12/h6,8-9H,2-5,7H2,1H3. The van der Waals surface area contributed by atoms with Crippen LogP contribution in [0.15, 0.2) is 12.4 Å². The van der Waals surface area contributed by atoms with E-state index in [0.717, 1.165) is 26.1 Å². The SMILES string of the molecule is CCCNCCCn1ccnn1. The zero-order valence-electron chi connectivity index (χ0n) is 7.53. The summed E-state index contributed by atoms with van der Waals surface area (Å²) in [7, 11) is 0. The molecule has 1 aromatic heterocycles. The van der Waals surface area contributed by atoms with Gasteiger partial charge in [0.1, 0.15) is 0 Å². The van der Waals surface area contributed by atoms with Crippen molar-refractivity contribution in [3.8, 4) is 0 Å². The molecule has 1 heterocycles. The van der Waals surface area contributed by atoms with E-state index in [2.05, 4.69) is 22.6 Å². The fraction of sp³-hybridized carbons (Fsp3) is 0.750. The molecule has 1 N–H and O–H groups in total. The molecular weight excluding hydrogens is 152 g/mol. The van der Waals surface area contributed by atoms with Gasteiger partial charge in [0.2, 0.25) is 0 Å². The van der Waals surface area contributed by atoms with Crippen molar-refractivity contribution >= 4 is 0 Å². The average molecular weight is 168 g/mol. The van der Waals surface area contributed by atoms with Crippen LogP contribution < -0.4 is 5.32 Å². The van der Waals surface area contributed by atoms with Gasteiger partial charge < -0.3 is 5.32 Å². The summed E-state index contributed by atoms with van der Waals surface area (Å²) < 4.78 is 1.85. The van der Waals surface area contributed by atoms with E-state index >= 15 is 0 Å². The Kier molecular flexibility index (Phi) is 4.37. The number of nitrogens with zero attached hydrogens (tertiary/aromatic N) is 3. The number of hydrogen-bond acceptors (Lipinski definition) is 3. The van der Waals surface area contributed by atoms with Crippen LogP contribution in [0.3, 0.4) is 0 Å². The Morgan fingerprint density at radius 2 is 2.33 bits per heavy atom. The van der Waals surface area contributed by atoms with Gasteiger partial charge in [0, 0.05) is 12.7 Å². The van der Waals surface area contributed by atoms with E-state index < -0.39 is 0 Å². The van der Waals surface area contributed by atoms with Crippen LogP contribution in [0.2, 0.25) is 0 Å². The Morgan fingerprint density at radius 1 is 1.42 bits per heavy atom. The lowest BCUT2D eigenvalue weighted by Gasteiger charge is -2.01. The second kappa shape index (κ2) is 5.71. The van der Waals surface area contributed by atoms with Crippen molar-refractivity contribution in [2.75, 3.05) is 13.1 Å². The lowest BCUT2D eigenvalue weighted by atomic mass is 10.4. The summed E-state index contributed by atoms with van der Waals surface area (Å²) >= 11 is 0. The molecule has 0 radical (unpaired) electrons. The molecule has 12 heavy (non-hydrogen) atoms. The quantitative estimate of drug-likeness (QED) is 0.635. The summed E-state index contributed by atoms with van der Waals surface area (Å²) in [4.78, 5) is 0. The zero-order valence-corrected chi connectivity index (χ0v) is 7.53. The molecular formula is C8H16N4. The maximum atomic E-state index is 3.87. The minimum Gasteiger partial charge on any atom is -0.317 e. The Labute approximate surface area is 73.0 Å². The molecule has 0 bridgehead atoms. The number of nitrogens with one attached hydrogen (secondary N) is 1. The first-order valence-corrected chi connectivity index (χ1v) is 4.48. The zero-order chi connectivity index (χ0) is 8.65. The van der Waals surface area contributed by atoms with Gasteiger partial charge in [-0.25, -0.2) is 0 Å². The fourth-order valence-corrected chi connectivity index (χ4v) is 1.02. The number of aryl methyl sites for hydroxylation is 1. The molecule has 1 rings (SSSR count). The highest BCUT2D eigenvalue weighted by Gasteiger charge is 1.90. The van der Waals surface area contributed by atoms with Crippen LogP contribution in [0, 0.1) is 0 Å². The highest BCUT2D eigenvalue weighted by atomic mass is 15.4. The van der Waals surface area contributed by atoms with Crippen molar-refractivity contribution in [1.82, 2.24) is 20.3 Å². The van der Waals surface area contributed by atoms with Gasteiger partial charge in [0.25, 0.3) is 0 Å². The van der Waals surface area contributed by atoms with Crippen molar-refractivity contribution in [1.29, 1.82) is 0 Å². The van der Waals surface area contributed by atoms with Gasteiger partial charge in [0.05, 0.1) is 6.20 Å². The summed E-state index contributed by atoms with van der Waals surface area (Å²) in [6, 6.07) is 0. The average Bonchev–Trinajstić information content (AvgIpc) is 2.57. The Bertz CT molecular complexity index is 183. The molecule has 0 unspecified atom stereocenters. The van der Waals surface area contributed by atoms with Gasteiger partial charge >= 0.3 is 0 Å². The van der Waals surface area contributed by atoms with Crippen LogP contribution in [0.1, 0.15) is 19.8 Å². The summed E-state index contributed by atoms with van der Waals surface area (Å²) in [5.74, 6) is 0. The highest BCUT2D eigenvalue weighted by molar-refractivity contribution is 4.63. The normalized spacial score (nSPS) is 10.4. The van der Waals surface area contributed by atoms with Crippen LogP contribution in [-0.4, -0.2) is 28.1 Å². The maximum absolute atomic E-state index is 3.87. The lowest BCUT2D eigenvalue weighted by molar-refractivity contribution is 0.530. The molecule has 68 valence electrons. The number of hydrogen-bond donors (Lipinski definition) is 1. The summed E-state index contributed by atoms with van der Waals surface area (Å²) in [6.07, 6.45) is 5.91. The molecule has 0 amide bonds. The highest BCUT2D eigenvalue weighted by Crippen LogP contribution is 1.85. The Morgan fingerprint density at radius 3 is 3.00 bits per heavy atom. The molecule has 0 fully saturated rings. The first kappa shape index (κ1) is 9.19. The van der Waals surface area contributed by atoms with E-state index in [9.17, 15) is 0 Å². The molecule has 0 aliphatic rings. The predicted molar refractivity (Wildman–Crippen MR) is 47.8 cm³/mol. The summed E-state index contributed by atoms with van der Waals surface area (Å²) in [5.41, 5.74) is 0. The number of rotatable bonds is 6. The topological polar surface area (TPSA) is 42.7 Å². The van der Waals surface area contributed by atoms with Crippen LogP contribution in [0.4, 0.5) is 0 Å². The van der Waals surface area contributed by atoms with Gasteiger partial charge in [-0.05, 0) is 25.9 Å². The van der Waals surface area contributed by atoms with E-state index in [1.807, 2.05) is 10.9 Å². The molecule has 0 aliphatic heterocycles. The van der Waals surface area contributed by atoms with Crippen molar-refractivity contribution in [3.63, 3.8) is 0 Å². The molecule has 1 aromatic rings. The summed E-state index contributed by atoms with van der Waals surface area (Å²) in [6.45, 7) is 5.30.